The van der Waals surface area contributed by atoms with Crippen molar-refractivity contribution in [3.05, 3.63) is 28.8 Å². The second-order valence-electron chi connectivity index (χ2n) is 7.12. The first kappa shape index (κ1) is 20.9. The average Bonchev–Trinajstić information content (AvgIpc) is 2.72. The molecule has 0 fully saturated rings. The van der Waals surface area contributed by atoms with Crippen LogP contribution in [-0.4, -0.2) is 47.1 Å². The minimum Gasteiger partial charge on any atom is -0.444 e. The normalized spacial score (nSPS) is 15.4. The highest BCUT2D eigenvalue weighted by Crippen LogP contribution is 2.40. The molecule has 4 nitrogen and oxygen atoms in total. The largest absolute Gasteiger partial charge is 0.444 e. The van der Waals surface area contributed by atoms with Gasteiger partial charge < -0.3 is 14.7 Å². The standard InChI is InChI=1S/C18H24F3NO3S/c1-17(2,3)25-16(24)22-8-6-12-4-5-14(18(19,20)21)15(26-11-10-23)13(12)7-9-22/h4-5,23H,6-11H2,1-3H3. The third-order valence-corrected chi connectivity index (χ3v) is 5.08. The van der Waals surface area contributed by atoms with Crippen LogP contribution in [0.25, 0.3) is 0 Å². The van der Waals surface area contributed by atoms with E-state index in [0.29, 0.717) is 31.5 Å². The fraction of sp³-hybridized carbons (Fsp3) is 0.611. The van der Waals surface area contributed by atoms with Gasteiger partial charge in [-0.1, -0.05) is 6.07 Å². The van der Waals surface area contributed by atoms with E-state index in [1.807, 2.05) is 0 Å². The number of aliphatic hydroxyl groups excluding tert-OH is 1. The smallest absolute Gasteiger partial charge is 0.417 e. The Balaban J connectivity index is 2.29. The van der Waals surface area contributed by atoms with Crippen LogP contribution < -0.4 is 0 Å². The second-order valence-corrected chi connectivity index (χ2v) is 8.22. The highest BCUT2D eigenvalue weighted by atomic mass is 32.2. The van der Waals surface area contributed by atoms with Gasteiger partial charge in [0, 0.05) is 23.7 Å². The van der Waals surface area contributed by atoms with E-state index >= 15 is 0 Å². The van der Waals surface area contributed by atoms with Gasteiger partial charge in [-0.3, -0.25) is 0 Å². The summed E-state index contributed by atoms with van der Waals surface area (Å²) in [6.45, 7) is 5.83. The minimum atomic E-state index is -4.45. The maximum Gasteiger partial charge on any atom is 0.417 e. The number of aliphatic hydroxyl groups is 1. The maximum atomic E-state index is 13.4. The van der Waals surface area contributed by atoms with Crippen LogP contribution in [0.3, 0.4) is 0 Å². The van der Waals surface area contributed by atoms with Crippen LogP contribution in [0.15, 0.2) is 17.0 Å². The Kier molecular flexibility index (Phi) is 6.50. The van der Waals surface area contributed by atoms with Gasteiger partial charge in [0.15, 0.2) is 0 Å². The quantitative estimate of drug-likeness (QED) is 0.788. The van der Waals surface area contributed by atoms with Crippen LogP contribution in [0.2, 0.25) is 0 Å². The Morgan fingerprint density at radius 2 is 1.88 bits per heavy atom. The summed E-state index contributed by atoms with van der Waals surface area (Å²) in [5.74, 6) is 0.190. The highest BCUT2D eigenvalue weighted by molar-refractivity contribution is 7.99. The monoisotopic (exact) mass is 391 g/mol. The Morgan fingerprint density at radius 3 is 2.46 bits per heavy atom. The summed E-state index contributed by atoms with van der Waals surface area (Å²) in [5, 5.41) is 9.03. The number of benzene rings is 1. The maximum absolute atomic E-state index is 13.4. The summed E-state index contributed by atoms with van der Waals surface area (Å²) in [5.41, 5.74) is 0.121. The number of amides is 1. The van der Waals surface area contributed by atoms with Crippen molar-refractivity contribution < 1.29 is 27.8 Å². The molecule has 8 heteroatoms. The highest BCUT2D eigenvalue weighted by Gasteiger charge is 2.36. The van der Waals surface area contributed by atoms with Crippen LogP contribution in [0.5, 0.6) is 0 Å². The van der Waals surface area contributed by atoms with Crippen LogP contribution in [0, 0.1) is 0 Å². The molecule has 0 bridgehead atoms. The molecule has 1 amide bonds. The predicted octanol–water partition coefficient (Wildman–Crippen LogP) is 4.13. The van der Waals surface area contributed by atoms with Gasteiger partial charge in [-0.2, -0.15) is 13.2 Å². The third-order valence-electron chi connectivity index (χ3n) is 3.94. The van der Waals surface area contributed by atoms with E-state index in [1.165, 1.54) is 6.07 Å². The first-order valence-corrected chi connectivity index (χ1v) is 9.45. The lowest BCUT2D eigenvalue weighted by Crippen LogP contribution is -2.38. The molecule has 1 aliphatic rings. The molecule has 2 rings (SSSR count). The number of nitrogens with zero attached hydrogens (tertiary/aromatic N) is 1. The van der Waals surface area contributed by atoms with E-state index < -0.39 is 23.4 Å². The van der Waals surface area contributed by atoms with Crippen LogP contribution >= 0.6 is 11.8 Å². The van der Waals surface area contributed by atoms with Crippen molar-refractivity contribution in [1.29, 1.82) is 0 Å². The van der Waals surface area contributed by atoms with E-state index in [1.54, 1.807) is 25.7 Å². The van der Waals surface area contributed by atoms with Crippen molar-refractivity contribution in [2.45, 2.75) is 50.3 Å². The number of fused-ring (bicyclic) bond motifs is 1. The Morgan fingerprint density at radius 1 is 1.23 bits per heavy atom. The van der Waals surface area contributed by atoms with E-state index in [4.69, 9.17) is 9.84 Å². The number of rotatable bonds is 3. The first-order valence-electron chi connectivity index (χ1n) is 8.46. The number of hydrogen-bond donors (Lipinski definition) is 1. The minimum absolute atomic E-state index is 0.162. The molecular formula is C18H24F3NO3S. The van der Waals surface area contributed by atoms with E-state index in [9.17, 15) is 18.0 Å². The van der Waals surface area contributed by atoms with Gasteiger partial charge in [0.1, 0.15) is 5.60 Å². The van der Waals surface area contributed by atoms with Crippen LogP contribution in [-0.2, 0) is 23.8 Å². The third kappa shape index (κ3) is 5.30. The van der Waals surface area contributed by atoms with Gasteiger partial charge in [0.25, 0.3) is 0 Å². The van der Waals surface area contributed by atoms with Crippen molar-refractivity contribution in [2.24, 2.45) is 0 Å². The fourth-order valence-corrected chi connectivity index (χ4v) is 3.88. The number of ether oxygens (including phenoxy) is 1. The number of thioether (sulfide) groups is 1. The van der Waals surface area contributed by atoms with Crippen molar-refractivity contribution in [3.8, 4) is 0 Å². The van der Waals surface area contributed by atoms with E-state index in [-0.39, 0.29) is 17.3 Å². The van der Waals surface area contributed by atoms with Crippen LogP contribution in [0.4, 0.5) is 18.0 Å². The summed E-state index contributed by atoms with van der Waals surface area (Å²) in [6.07, 6.45) is -4.11. The molecule has 0 unspecified atom stereocenters. The van der Waals surface area contributed by atoms with Gasteiger partial charge in [0.2, 0.25) is 0 Å². The molecule has 0 radical (unpaired) electrons. The summed E-state index contributed by atoms with van der Waals surface area (Å²) in [4.78, 5) is 14.0. The summed E-state index contributed by atoms with van der Waals surface area (Å²) < 4.78 is 45.5. The Bertz CT molecular complexity index is 656. The lowest BCUT2D eigenvalue weighted by molar-refractivity contribution is -0.139. The number of carbonyl (C=O) groups excluding carboxylic acids is 1. The number of hydrogen-bond acceptors (Lipinski definition) is 4. The lowest BCUT2D eigenvalue weighted by atomic mass is 9.99. The zero-order valence-corrected chi connectivity index (χ0v) is 16.0. The number of halogens is 3. The van der Waals surface area contributed by atoms with Gasteiger partial charge >= 0.3 is 12.3 Å². The molecule has 0 spiro atoms. The summed E-state index contributed by atoms with van der Waals surface area (Å²) in [7, 11) is 0. The molecule has 1 aromatic rings. The van der Waals surface area contributed by atoms with Crippen molar-refractivity contribution >= 4 is 17.9 Å². The molecule has 0 aromatic heterocycles. The molecule has 0 atom stereocenters. The van der Waals surface area contributed by atoms with Gasteiger partial charge in [-0.25, -0.2) is 4.79 Å². The van der Waals surface area contributed by atoms with Crippen LogP contribution in [0.1, 0.15) is 37.5 Å². The average molecular weight is 391 g/mol. The predicted molar refractivity (Wildman–Crippen MR) is 94.5 cm³/mol. The van der Waals surface area contributed by atoms with Crippen molar-refractivity contribution in [2.75, 3.05) is 25.4 Å². The topological polar surface area (TPSA) is 49.8 Å². The van der Waals surface area contributed by atoms with Crippen molar-refractivity contribution in [1.82, 2.24) is 4.90 Å². The molecule has 26 heavy (non-hydrogen) atoms. The molecule has 0 saturated carbocycles. The van der Waals surface area contributed by atoms with Crippen molar-refractivity contribution in [3.63, 3.8) is 0 Å². The molecular weight excluding hydrogens is 367 g/mol. The summed E-state index contributed by atoms with van der Waals surface area (Å²) >= 11 is 1.01. The lowest BCUT2D eigenvalue weighted by Gasteiger charge is -2.26. The number of carbonyl (C=O) groups is 1. The zero-order chi connectivity index (χ0) is 19.5. The van der Waals surface area contributed by atoms with E-state index in [2.05, 4.69) is 0 Å². The van der Waals surface area contributed by atoms with Gasteiger partial charge in [-0.15, -0.1) is 11.8 Å². The Labute approximate surface area is 155 Å². The fourth-order valence-electron chi connectivity index (χ4n) is 2.84. The summed E-state index contributed by atoms with van der Waals surface area (Å²) in [6, 6.07) is 2.60. The molecule has 1 N–H and O–H groups in total. The van der Waals surface area contributed by atoms with E-state index in [0.717, 1.165) is 23.4 Å². The first-order chi connectivity index (χ1) is 12.0. The molecule has 1 aromatic carbocycles. The zero-order valence-electron chi connectivity index (χ0n) is 15.2. The van der Waals surface area contributed by atoms with Gasteiger partial charge in [-0.05, 0) is 50.8 Å². The molecule has 0 saturated heterocycles. The molecule has 1 aliphatic heterocycles. The molecule has 0 aliphatic carbocycles. The number of alkyl halides is 3. The molecule has 1 heterocycles. The Hall–Kier alpha value is -1.41. The molecule has 146 valence electrons. The van der Waals surface area contributed by atoms with Gasteiger partial charge in [0.05, 0.1) is 12.2 Å². The second kappa shape index (κ2) is 8.08. The SMILES string of the molecule is CC(C)(C)OC(=O)N1CCc2ccc(C(F)(F)F)c(SCCO)c2CC1.